The van der Waals surface area contributed by atoms with Gasteiger partial charge in [0.1, 0.15) is 0 Å². The maximum Gasteiger partial charge on any atom is 0.225 e. The number of carbonyl (C=O) groups is 2. The molecule has 1 aromatic rings. The molecule has 0 aromatic heterocycles. The van der Waals surface area contributed by atoms with Crippen molar-refractivity contribution in [1.82, 2.24) is 15.5 Å². The summed E-state index contributed by atoms with van der Waals surface area (Å²) in [7, 11) is 1.80. The van der Waals surface area contributed by atoms with E-state index in [2.05, 4.69) is 10.6 Å². The molecule has 5 nitrogen and oxygen atoms in total. The van der Waals surface area contributed by atoms with Crippen LogP contribution >= 0.6 is 12.4 Å². The van der Waals surface area contributed by atoms with Crippen molar-refractivity contribution in [2.45, 2.75) is 37.8 Å². The van der Waals surface area contributed by atoms with E-state index < -0.39 is 0 Å². The van der Waals surface area contributed by atoms with Gasteiger partial charge in [-0.1, -0.05) is 30.3 Å². The lowest BCUT2D eigenvalue weighted by molar-refractivity contribution is -0.141. The maximum atomic E-state index is 12.7. The fourth-order valence-corrected chi connectivity index (χ4v) is 3.70. The summed E-state index contributed by atoms with van der Waals surface area (Å²) in [5.74, 6) is -0.00577. The Kier molecular flexibility index (Phi) is 6.63. The van der Waals surface area contributed by atoms with Gasteiger partial charge in [0.2, 0.25) is 11.8 Å². The lowest BCUT2D eigenvalue weighted by Gasteiger charge is -2.38. The van der Waals surface area contributed by atoms with Gasteiger partial charge < -0.3 is 15.5 Å². The summed E-state index contributed by atoms with van der Waals surface area (Å²) in [4.78, 5) is 26.5. The minimum Gasteiger partial charge on any atom is -0.354 e. The van der Waals surface area contributed by atoms with Gasteiger partial charge in [-0.15, -0.1) is 12.4 Å². The number of nitrogens with zero attached hydrogens (tertiary/aromatic N) is 1. The van der Waals surface area contributed by atoms with Crippen LogP contribution < -0.4 is 10.6 Å². The van der Waals surface area contributed by atoms with Crippen LogP contribution in [0.5, 0.6) is 0 Å². The molecule has 2 saturated heterocycles. The monoisotopic (exact) mass is 351 g/mol. The number of piperidine rings is 1. The fraction of sp³-hybridized carbons (Fsp3) is 0.556. The minimum atomic E-state index is -0.179. The fourth-order valence-electron chi connectivity index (χ4n) is 3.70. The highest BCUT2D eigenvalue weighted by Gasteiger charge is 2.38. The summed E-state index contributed by atoms with van der Waals surface area (Å²) in [5, 5.41) is 6.48. The van der Waals surface area contributed by atoms with E-state index in [-0.39, 0.29) is 36.2 Å². The molecular formula is C18H26ClN3O2. The Balaban J connectivity index is 0.00000208. The molecular weight excluding hydrogens is 326 g/mol. The number of carbonyl (C=O) groups excluding carboxylic acids is 2. The SMILES string of the molecule is CN1C(=O)CCC(C(=O)NCC2CCCN2)C1c1ccccc1.Cl. The van der Waals surface area contributed by atoms with E-state index in [1.54, 1.807) is 11.9 Å². The number of hydrogen-bond donors (Lipinski definition) is 2. The minimum absolute atomic E-state index is 0. The van der Waals surface area contributed by atoms with Crippen molar-refractivity contribution in [3.63, 3.8) is 0 Å². The molecule has 0 radical (unpaired) electrons. The molecule has 2 aliphatic heterocycles. The first-order valence-corrected chi connectivity index (χ1v) is 8.48. The predicted molar refractivity (Wildman–Crippen MR) is 96.0 cm³/mol. The molecule has 132 valence electrons. The molecule has 0 aliphatic carbocycles. The predicted octanol–water partition coefficient (Wildman–Crippen LogP) is 1.89. The first-order chi connectivity index (χ1) is 11.2. The lowest BCUT2D eigenvalue weighted by atomic mass is 9.84. The number of amides is 2. The molecule has 3 rings (SSSR count). The Morgan fingerprint density at radius 3 is 2.71 bits per heavy atom. The van der Waals surface area contributed by atoms with E-state index in [0.717, 1.165) is 18.5 Å². The largest absolute Gasteiger partial charge is 0.354 e. The number of likely N-dealkylation sites (tertiary alicyclic amines) is 1. The van der Waals surface area contributed by atoms with Gasteiger partial charge in [0, 0.05) is 26.1 Å². The summed E-state index contributed by atoms with van der Waals surface area (Å²) < 4.78 is 0. The smallest absolute Gasteiger partial charge is 0.225 e. The average molecular weight is 352 g/mol. The van der Waals surface area contributed by atoms with Crippen molar-refractivity contribution in [3.05, 3.63) is 35.9 Å². The third-order valence-electron chi connectivity index (χ3n) is 5.02. The molecule has 0 saturated carbocycles. The Bertz CT molecular complexity index is 561. The van der Waals surface area contributed by atoms with Crippen LogP contribution in [0.4, 0.5) is 0 Å². The quantitative estimate of drug-likeness (QED) is 0.870. The highest BCUT2D eigenvalue weighted by Crippen LogP contribution is 2.35. The second-order valence-corrected chi connectivity index (χ2v) is 6.54. The summed E-state index contributed by atoms with van der Waals surface area (Å²) in [6, 6.07) is 10.1. The Hall–Kier alpha value is -1.59. The van der Waals surface area contributed by atoms with Crippen LogP contribution in [-0.4, -0.2) is 42.9 Å². The molecule has 0 spiro atoms. The normalized spacial score (nSPS) is 26.8. The highest BCUT2D eigenvalue weighted by molar-refractivity contribution is 5.85. The maximum absolute atomic E-state index is 12.7. The van der Waals surface area contributed by atoms with Gasteiger partial charge in [-0.25, -0.2) is 0 Å². The van der Waals surface area contributed by atoms with Crippen LogP contribution in [0.1, 0.15) is 37.3 Å². The van der Waals surface area contributed by atoms with Crippen LogP contribution in [0.15, 0.2) is 30.3 Å². The van der Waals surface area contributed by atoms with Crippen LogP contribution in [0.2, 0.25) is 0 Å². The Labute approximate surface area is 149 Å². The second-order valence-electron chi connectivity index (χ2n) is 6.54. The first-order valence-electron chi connectivity index (χ1n) is 8.48. The Morgan fingerprint density at radius 2 is 2.04 bits per heavy atom. The van der Waals surface area contributed by atoms with E-state index >= 15 is 0 Å². The van der Waals surface area contributed by atoms with Gasteiger partial charge in [-0.2, -0.15) is 0 Å². The van der Waals surface area contributed by atoms with Crippen molar-refractivity contribution in [2.24, 2.45) is 5.92 Å². The zero-order valence-corrected chi connectivity index (χ0v) is 14.8. The summed E-state index contributed by atoms with van der Waals surface area (Å²) >= 11 is 0. The Morgan fingerprint density at radius 1 is 1.29 bits per heavy atom. The molecule has 1 aromatic carbocycles. The van der Waals surface area contributed by atoms with Gasteiger partial charge in [-0.3, -0.25) is 9.59 Å². The standard InChI is InChI=1S/C18H25N3O2.ClH/c1-21-16(22)10-9-15(17(21)13-6-3-2-4-7-13)18(23)20-12-14-8-5-11-19-14;/h2-4,6-7,14-15,17,19H,5,8-12H2,1H3,(H,20,23);1H. The number of nitrogens with one attached hydrogen (secondary N) is 2. The first kappa shape index (κ1) is 18.7. The number of rotatable bonds is 4. The third kappa shape index (κ3) is 4.08. The van der Waals surface area contributed by atoms with Crippen LogP contribution in [0, 0.1) is 5.92 Å². The number of halogens is 1. The molecule has 2 fully saturated rings. The molecule has 3 unspecified atom stereocenters. The lowest BCUT2D eigenvalue weighted by Crippen LogP contribution is -2.48. The second kappa shape index (κ2) is 8.49. The molecule has 2 heterocycles. The van der Waals surface area contributed by atoms with Gasteiger partial charge in [0.25, 0.3) is 0 Å². The summed E-state index contributed by atoms with van der Waals surface area (Å²) in [6.45, 7) is 1.71. The van der Waals surface area contributed by atoms with Crippen molar-refractivity contribution in [3.8, 4) is 0 Å². The highest BCUT2D eigenvalue weighted by atomic mass is 35.5. The van der Waals surface area contributed by atoms with Gasteiger partial charge in [0.05, 0.1) is 12.0 Å². The van der Waals surface area contributed by atoms with Gasteiger partial charge >= 0.3 is 0 Å². The van der Waals surface area contributed by atoms with Crippen molar-refractivity contribution in [2.75, 3.05) is 20.1 Å². The van der Waals surface area contributed by atoms with Crippen molar-refractivity contribution in [1.29, 1.82) is 0 Å². The topological polar surface area (TPSA) is 61.4 Å². The van der Waals surface area contributed by atoms with E-state index in [1.165, 1.54) is 6.42 Å². The zero-order chi connectivity index (χ0) is 16.2. The molecule has 24 heavy (non-hydrogen) atoms. The summed E-state index contributed by atoms with van der Waals surface area (Å²) in [5.41, 5.74) is 1.03. The van der Waals surface area contributed by atoms with Crippen molar-refractivity contribution >= 4 is 24.2 Å². The molecule has 2 N–H and O–H groups in total. The molecule has 2 aliphatic rings. The molecule has 2 amide bonds. The van der Waals surface area contributed by atoms with Crippen LogP contribution in [0.3, 0.4) is 0 Å². The number of benzene rings is 1. The molecule has 3 atom stereocenters. The van der Waals surface area contributed by atoms with E-state index in [0.29, 0.717) is 25.4 Å². The summed E-state index contributed by atoms with van der Waals surface area (Å²) in [6.07, 6.45) is 3.35. The van der Waals surface area contributed by atoms with E-state index in [4.69, 9.17) is 0 Å². The van der Waals surface area contributed by atoms with E-state index in [9.17, 15) is 9.59 Å². The third-order valence-corrected chi connectivity index (χ3v) is 5.02. The van der Waals surface area contributed by atoms with Gasteiger partial charge in [0.15, 0.2) is 0 Å². The molecule has 6 heteroatoms. The number of hydrogen-bond acceptors (Lipinski definition) is 3. The van der Waals surface area contributed by atoms with Gasteiger partial charge in [-0.05, 0) is 31.4 Å². The van der Waals surface area contributed by atoms with Crippen LogP contribution in [0.25, 0.3) is 0 Å². The van der Waals surface area contributed by atoms with E-state index in [1.807, 2.05) is 30.3 Å². The zero-order valence-electron chi connectivity index (χ0n) is 14.0. The van der Waals surface area contributed by atoms with Crippen molar-refractivity contribution < 1.29 is 9.59 Å². The van der Waals surface area contributed by atoms with Crippen LogP contribution in [-0.2, 0) is 9.59 Å². The average Bonchev–Trinajstić information content (AvgIpc) is 3.09. The molecule has 0 bridgehead atoms.